The molecule has 58 heavy (non-hydrogen) atoms. The van der Waals surface area contributed by atoms with E-state index in [2.05, 4.69) is 71.6 Å². The third-order valence-corrected chi connectivity index (χ3v) is 18.6. The van der Waals surface area contributed by atoms with E-state index in [1.54, 1.807) is 130 Å². The van der Waals surface area contributed by atoms with E-state index in [0.717, 1.165) is 32.4 Å². The molecule has 1 N–H and O–H groups in total. The quantitative estimate of drug-likeness (QED) is 0.150. The van der Waals surface area contributed by atoms with Gasteiger partial charge >= 0.3 is 0 Å². The van der Waals surface area contributed by atoms with Gasteiger partial charge < -0.3 is 9.84 Å². The Bertz CT molecular complexity index is 4150. The lowest BCUT2D eigenvalue weighted by Gasteiger charge is -2.44. The van der Waals surface area contributed by atoms with Crippen molar-refractivity contribution in [3.05, 3.63) is 109 Å². The van der Waals surface area contributed by atoms with Crippen molar-refractivity contribution >= 4 is 115 Å². The summed E-state index contributed by atoms with van der Waals surface area (Å²) in [6.07, 6.45) is 10.1. The first kappa shape index (κ1) is 28.2. The number of benzene rings is 7. The molecular formula is C55H35NO2. The largest absolute Gasteiger partial charge is 0.394 e. The van der Waals surface area contributed by atoms with Gasteiger partial charge in [0.1, 0.15) is 0 Å². The van der Waals surface area contributed by atoms with Crippen LogP contribution >= 0.6 is 0 Å². The number of likely N-dealkylation sites (tertiary alicyclic amines) is 1. The van der Waals surface area contributed by atoms with Crippen LogP contribution in [0.4, 0.5) is 0 Å². The third-order valence-electron chi connectivity index (χ3n) is 18.6. The molecule has 10 aromatic rings. The molecule has 0 bridgehead atoms. The fraction of sp³-hybridized carbons (Fsp3) is 0.273. The summed E-state index contributed by atoms with van der Waals surface area (Å²) >= 11 is 0. The van der Waals surface area contributed by atoms with E-state index < -0.39 is 0 Å². The van der Waals surface area contributed by atoms with Gasteiger partial charge in [-0.05, 0) is 183 Å². The van der Waals surface area contributed by atoms with Gasteiger partial charge in [0.05, 0.1) is 19.8 Å². The summed E-state index contributed by atoms with van der Waals surface area (Å²) < 4.78 is 6.14. The third kappa shape index (κ3) is 2.41. The second kappa shape index (κ2) is 8.27. The molecule has 3 nitrogen and oxygen atoms in total. The van der Waals surface area contributed by atoms with Crippen molar-refractivity contribution in [2.24, 2.45) is 17.3 Å². The van der Waals surface area contributed by atoms with Gasteiger partial charge in [-0.15, -0.1) is 0 Å². The molecule has 3 heteroatoms. The van der Waals surface area contributed by atoms with Crippen molar-refractivity contribution < 1.29 is 9.84 Å². The number of aliphatic hydroxyl groups is 1. The number of ether oxygens (including phenoxy) is 1. The summed E-state index contributed by atoms with van der Waals surface area (Å²) in [6, 6.07) is 22.1. The van der Waals surface area contributed by atoms with Gasteiger partial charge in [-0.2, -0.15) is 0 Å². The Morgan fingerprint density at radius 2 is 1.48 bits per heavy atom. The molecule has 0 radical (unpaired) electrons. The Kier molecular flexibility index (Phi) is 4.02. The van der Waals surface area contributed by atoms with Crippen LogP contribution in [-0.2, 0) is 17.6 Å². The van der Waals surface area contributed by atoms with E-state index >= 15 is 0 Å². The molecule has 1 spiro atoms. The fourth-order valence-electron chi connectivity index (χ4n) is 17.6. The van der Waals surface area contributed by atoms with Gasteiger partial charge in [0.2, 0.25) is 0 Å². The monoisotopic (exact) mass is 741 g/mol. The highest BCUT2D eigenvalue weighted by Crippen LogP contribution is 2.74. The fourth-order valence-corrected chi connectivity index (χ4v) is 17.6. The maximum atomic E-state index is 9.72. The number of aliphatic hydroxyl groups excluding tert-OH is 1. The molecule has 9 aliphatic rings. The summed E-state index contributed by atoms with van der Waals surface area (Å²) in [5, 5.41) is 43.7. The molecule has 2 fully saturated rings. The van der Waals surface area contributed by atoms with Crippen molar-refractivity contribution in [2.45, 2.75) is 43.6 Å². The summed E-state index contributed by atoms with van der Waals surface area (Å²) in [6.45, 7) is 3.07. The zero-order valence-electron chi connectivity index (χ0n) is 31.9. The predicted molar refractivity (Wildman–Crippen MR) is 234 cm³/mol. The summed E-state index contributed by atoms with van der Waals surface area (Å²) in [5.74, 6) is 1.86. The van der Waals surface area contributed by atoms with Gasteiger partial charge in [0.25, 0.3) is 0 Å². The first-order chi connectivity index (χ1) is 28.7. The molecule has 1 aliphatic heterocycles. The van der Waals surface area contributed by atoms with Crippen LogP contribution in [0, 0.1) is 17.3 Å². The minimum Gasteiger partial charge on any atom is -0.394 e. The van der Waals surface area contributed by atoms with Gasteiger partial charge in [0.15, 0.2) is 0 Å². The molecule has 0 amide bonds. The molecule has 19 rings (SSSR count). The molecule has 1 saturated carbocycles. The maximum Gasteiger partial charge on any atom is 0.0698 e. The number of rotatable bonds is 6. The predicted octanol–water partition coefficient (Wildman–Crippen LogP) is 6.82. The second-order valence-corrected chi connectivity index (χ2v) is 20.3. The van der Waals surface area contributed by atoms with E-state index in [0.29, 0.717) is 36.9 Å². The Morgan fingerprint density at radius 1 is 0.672 bits per heavy atom. The van der Waals surface area contributed by atoms with E-state index in [9.17, 15) is 5.11 Å². The minimum absolute atomic E-state index is 0.0123. The number of hydrogen-bond donors (Lipinski definition) is 1. The minimum atomic E-state index is -0.0123. The van der Waals surface area contributed by atoms with Crippen LogP contribution < -0.4 is 26.1 Å². The van der Waals surface area contributed by atoms with E-state index in [1.165, 1.54) is 28.0 Å². The summed E-state index contributed by atoms with van der Waals surface area (Å²) in [4.78, 5) is 2.87. The molecule has 6 unspecified atom stereocenters. The van der Waals surface area contributed by atoms with E-state index in [1.807, 2.05) is 5.57 Å². The van der Waals surface area contributed by atoms with Crippen molar-refractivity contribution in [2.75, 3.05) is 32.9 Å². The maximum absolute atomic E-state index is 9.72. The highest BCUT2D eigenvalue weighted by molar-refractivity contribution is 6.54. The van der Waals surface area contributed by atoms with Crippen LogP contribution in [0.25, 0.3) is 115 Å². The van der Waals surface area contributed by atoms with Gasteiger partial charge in [0, 0.05) is 42.3 Å². The molecule has 0 aromatic heterocycles. The molecule has 8 aliphatic carbocycles. The van der Waals surface area contributed by atoms with Crippen molar-refractivity contribution in [1.29, 1.82) is 0 Å². The molecule has 1 heterocycles. The smallest absolute Gasteiger partial charge is 0.0698 e. The number of nitrogens with zero attached hydrogens (tertiary/aromatic N) is 1. The van der Waals surface area contributed by atoms with Crippen LogP contribution in [0.2, 0.25) is 0 Å². The number of fused-ring (bicyclic) bond motifs is 2. The first-order valence-electron chi connectivity index (χ1n) is 22.2. The van der Waals surface area contributed by atoms with Crippen LogP contribution in [0.3, 0.4) is 0 Å². The highest BCUT2D eigenvalue weighted by Gasteiger charge is 2.66. The zero-order valence-corrected chi connectivity index (χ0v) is 31.9. The lowest BCUT2D eigenvalue weighted by Crippen LogP contribution is -2.47. The molecule has 10 aromatic carbocycles. The SMILES string of the molecule is OCCOCCN1CC2C3=c4c5c6c7c8c9c(cc%10c%11c%12c%13c%14c(cc%15c%16c(c4c6c(c%16%14)c%13c7c%119)=C(C3)C%15)=CC%12C%10)=CC3CC2(C=5C83)C1c1ccc2ccccc2c1. The highest BCUT2D eigenvalue weighted by atomic mass is 16.5. The van der Waals surface area contributed by atoms with Crippen molar-refractivity contribution in [1.82, 2.24) is 4.90 Å². The lowest BCUT2D eigenvalue weighted by atomic mass is 9.59. The van der Waals surface area contributed by atoms with E-state index in [-0.39, 0.29) is 18.1 Å². The average Bonchev–Trinajstić information content (AvgIpc) is 4.10. The van der Waals surface area contributed by atoms with Crippen molar-refractivity contribution in [3.63, 3.8) is 0 Å². The lowest BCUT2D eigenvalue weighted by molar-refractivity contribution is 0.0655. The van der Waals surface area contributed by atoms with Gasteiger partial charge in [-0.1, -0.05) is 71.8 Å². The molecule has 272 valence electrons. The summed E-state index contributed by atoms with van der Waals surface area (Å²) in [5.41, 5.74) is 13.4. The topological polar surface area (TPSA) is 32.7 Å². The Hall–Kier alpha value is -5.32. The summed E-state index contributed by atoms with van der Waals surface area (Å²) in [7, 11) is 0. The van der Waals surface area contributed by atoms with Crippen LogP contribution in [-0.4, -0.2) is 42.9 Å². The zero-order chi connectivity index (χ0) is 36.6. The first-order valence-corrected chi connectivity index (χ1v) is 22.2. The molecular weight excluding hydrogens is 707 g/mol. The Balaban J connectivity index is 1.07. The van der Waals surface area contributed by atoms with Crippen LogP contribution in [0.15, 0.2) is 54.6 Å². The standard InChI is InChI=1S/C55H35NO2/c57-8-10-58-9-7-56-20-32-31-18-29-16-26-14-27-13-24-12-25-15-28-17-30-19-55(32,54(56)23-6-5-21-3-1-2-4-22(21)11-23)53-39(30)44-38(28)43-34(25)33(24)41-37(27)42-35(26)36(29)45-40(31)52(53)51-49(44)47(43)46(41)48(42)50(45)51/h1-6,11,13-15,17,24,30,32,39,54,57H,7-10,12,16,18-20H2. The van der Waals surface area contributed by atoms with Gasteiger partial charge in [-0.3, -0.25) is 4.90 Å². The Labute approximate surface area is 330 Å². The molecule has 1 saturated heterocycles. The number of hydrogen-bond acceptors (Lipinski definition) is 3. The average molecular weight is 742 g/mol. The van der Waals surface area contributed by atoms with Crippen LogP contribution in [0.5, 0.6) is 0 Å². The Morgan fingerprint density at radius 3 is 2.41 bits per heavy atom. The van der Waals surface area contributed by atoms with Crippen molar-refractivity contribution in [3.8, 4) is 0 Å². The van der Waals surface area contributed by atoms with E-state index in [4.69, 9.17) is 4.74 Å². The normalized spacial score (nSPS) is 28.4. The van der Waals surface area contributed by atoms with Gasteiger partial charge in [-0.25, -0.2) is 0 Å². The second-order valence-electron chi connectivity index (χ2n) is 20.3. The van der Waals surface area contributed by atoms with Crippen LogP contribution in [0.1, 0.15) is 58.5 Å². The molecule has 6 atom stereocenters.